The molecule has 43 heavy (non-hydrogen) atoms. The molecule has 0 aliphatic carbocycles. The number of hydrogen-bond acceptors (Lipinski definition) is 7. The van der Waals surface area contributed by atoms with E-state index in [1.165, 1.54) is 12.0 Å². The van der Waals surface area contributed by atoms with Gasteiger partial charge >= 0.3 is 12.1 Å². The Hall–Kier alpha value is -4.18. The molecule has 2 aromatic carbocycles. The Kier molecular flexibility index (Phi) is 9.59. The molecular weight excluding hydrogens is 548 g/mol. The lowest BCUT2D eigenvalue weighted by Gasteiger charge is -2.37. The molecule has 1 aromatic heterocycles. The van der Waals surface area contributed by atoms with Crippen LogP contribution >= 0.6 is 0 Å². The van der Waals surface area contributed by atoms with Gasteiger partial charge in [0.25, 0.3) is 5.91 Å². The number of nitrogens with two attached hydrogens (primary N) is 1. The minimum Gasteiger partial charge on any atom is -0.469 e. The number of aromatic amines is 1. The van der Waals surface area contributed by atoms with Crippen molar-refractivity contribution in [2.24, 2.45) is 11.7 Å². The van der Waals surface area contributed by atoms with Gasteiger partial charge in [0.1, 0.15) is 11.6 Å². The molecule has 3 N–H and O–H groups in total. The van der Waals surface area contributed by atoms with Gasteiger partial charge in [-0.1, -0.05) is 50.2 Å². The van der Waals surface area contributed by atoms with Crippen molar-refractivity contribution in [1.82, 2.24) is 9.88 Å². The van der Waals surface area contributed by atoms with Gasteiger partial charge in [-0.15, -0.1) is 0 Å². The maximum absolute atomic E-state index is 14.6. The van der Waals surface area contributed by atoms with Gasteiger partial charge in [-0.2, -0.15) is 0 Å². The number of anilines is 1. The van der Waals surface area contributed by atoms with Crippen molar-refractivity contribution in [1.29, 1.82) is 0 Å². The Morgan fingerprint density at radius 2 is 1.74 bits per heavy atom. The van der Waals surface area contributed by atoms with E-state index in [1.54, 1.807) is 33.0 Å². The molecule has 0 saturated heterocycles. The van der Waals surface area contributed by atoms with Crippen molar-refractivity contribution in [2.45, 2.75) is 84.0 Å². The van der Waals surface area contributed by atoms with Crippen molar-refractivity contribution in [2.75, 3.05) is 12.0 Å². The van der Waals surface area contributed by atoms with E-state index in [4.69, 9.17) is 15.2 Å². The Morgan fingerprint density at radius 1 is 1.07 bits per heavy atom. The predicted octanol–water partition coefficient (Wildman–Crippen LogP) is 4.74. The number of rotatable bonds is 9. The van der Waals surface area contributed by atoms with Gasteiger partial charge in [0.05, 0.1) is 25.6 Å². The fourth-order valence-corrected chi connectivity index (χ4v) is 5.61. The van der Waals surface area contributed by atoms with Crippen LogP contribution in [0.4, 0.5) is 10.5 Å². The molecule has 0 saturated carbocycles. The van der Waals surface area contributed by atoms with Crippen LogP contribution in [-0.4, -0.2) is 64.6 Å². The van der Waals surface area contributed by atoms with Crippen molar-refractivity contribution in [3.05, 3.63) is 65.9 Å². The molecule has 0 unspecified atom stereocenters. The van der Waals surface area contributed by atoms with Gasteiger partial charge in [0.15, 0.2) is 0 Å². The average molecular weight is 591 g/mol. The summed E-state index contributed by atoms with van der Waals surface area (Å²) in [5.74, 6) is -1.73. The van der Waals surface area contributed by atoms with E-state index in [-0.39, 0.29) is 25.2 Å². The van der Waals surface area contributed by atoms with Crippen LogP contribution in [0.15, 0.2) is 54.7 Å². The lowest BCUT2D eigenvalue weighted by Crippen LogP contribution is -2.59. The number of benzene rings is 2. The van der Waals surface area contributed by atoms with Crippen LogP contribution in [0.2, 0.25) is 0 Å². The molecule has 4 rings (SSSR count). The summed E-state index contributed by atoms with van der Waals surface area (Å²) in [6.07, 6.45) is 1.57. The third-order valence-electron chi connectivity index (χ3n) is 7.49. The van der Waals surface area contributed by atoms with Crippen LogP contribution in [0.5, 0.6) is 0 Å². The minimum atomic E-state index is -1.22. The number of aromatic nitrogens is 1. The summed E-state index contributed by atoms with van der Waals surface area (Å²) in [5, 5.41) is 0.920. The van der Waals surface area contributed by atoms with E-state index < -0.39 is 47.6 Å². The van der Waals surface area contributed by atoms with Crippen molar-refractivity contribution in [3.63, 3.8) is 0 Å². The van der Waals surface area contributed by atoms with Crippen LogP contribution in [0.25, 0.3) is 10.9 Å². The summed E-state index contributed by atoms with van der Waals surface area (Å²) in [5.41, 5.74) is 8.82. The molecular formula is C33H42N4O6. The normalized spacial score (nSPS) is 16.1. The van der Waals surface area contributed by atoms with Gasteiger partial charge in [0, 0.05) is 22.8 Å². The first-order valence-electron chi connectivity index (χ1n) is 14.6. The number of fused-ring (bicyclic) bond motifs is 2. The molecule has 230 valence electrons. The number of para-hydroxylation sites is 2. The highest BCUT2D eigenvalue weighted by atomic mass is 16.6. The number of carbonyl (C=O) groups is 4. The molecule has 3 aromatic rings. The number of amides is 3. The second kappa shape index (κ2) is 13.0. The molecule has 0 bridgehead atoms. The number of hydrogen-bond donors (Lipinski definition) is 2. The fraction of sp³-hybridized carbons (Fsp3) is 0.455. The van der Waals surface area contributed by atoms with Crippen molar-refractivity contribution in [3.8, 4) is 0 Å². The molecule has 10 nitrogen and oxygen atoms in total. The van der Waals surface area contributed by atoms with Crippen LogP contribution in [0.1, 0.15) is 58.6 Å². The van der Waals surface area contributed by atoms with Gasteiger partial charge < -0.3 is 25.1 Å². The maximum Gasteiger partial charge on any atom is 0.417 e. The Labute approximate surface area is 252 Å². The molecule has 0 radical (unpaired) electrons. The number of nitrogens with zero attached hydrogens (tertiary/aromatic N) is 2. The Bertz CT molecular complexity index is 1490. The molecule has 3 atom stereocenters. The van der Waals surface area contributed by atoms with E-state index in [2.05, 4.69) is 4.98 Å². The summed E-state index contributed by atoms with van der Waals surface area (Å²) in [6.45, 7) is 8.91. The number of esters is 1. The van der Waals surface area contributed by atoms with Gasteiger partial charge in [-0.25, -0.2) is 9.69 Å². The topological polar surface area (TPSA) is 135 Å². The lowest BCUT2D eigenvalue weighted by molar-refractivity contribution is -0.142. The summed E-state index contributed by atoms with van der Waals surface area (Å²) in [4.78, 5) is 60.5. The van der Waals surface area contributed by atoms with Crippen LogP contribution < -0.4 is 10.6 Å². The first kappa shape index (κ1) is 31.7. The maximum atomic E-state index is 14.6. The monoisotopic (exact) mass is 590 g/mol. The summed E-state index contributed by atoms with van der Waals surface area (Å²) in [6, 6.07) is 12.2. The third-order valence-corrected chi connectivity index (χ3v) is 7.49. The van der Waals surface area contributed by atoms with E-state index in [0.717, 1.165) is 26.9 Å². The van der Waals surface area contributed by atoms with Crippen LogP contribution in [0.3, 0.4) is 0 Å². The summed E-state index contributed by atoms with van der Waals surface area (Å²) in [7, 11) is 1.30. The van der Waals surface area contributed by atoms with E-state index >= 15 is 0 Å². The fourth-order valence-electron chi connectivity index (χ4n) is 5.61. The zero-order chi connectivity index (χ0) is 31.5. The van der Waals surface area contributed by atoms with Crippen molar-refractivity contribution >= 4 is 40.5 Å². The number of H-pyrrole nitrogens is 1. The zero-order valence-electron chi connectivity index (χ0n) is 25.8. The number of imide groups is 1. The Balaban J connectivity index is 1.74. The van der Waals surface area contributed by atoms with E-state index in [9.17, 15) is 19.2 Å². The highest BCUT2D eigenvalue weighted by molar-refractivity contribution is 6.06. The number of ether oxygens (including phenoxy) is 2. The zero-order valence-corrected chi connectivity index (χ0v) is 25.8. The number of carbonyl (C=O) groups excluding carboxylic acids is 4. The second-order valence-electron chi connectivity index (χ2n) is 12.5. The summed E-state index contributed by atoms with van der Waals surface area (Å²) < 4.78 is 10.6. The minimum absolute atomic E-state index is 0.0359. The SMILES string of the molecule is COC(=O)C[C@H]1Cc2ccccc2N1C(=O)[C@H](CC(C)C)N(C(=O)OC(C)(C)C)C(=O)[C@@H](N)Cc1c[nH]c2ccccc12. The van der Waals surface area contributed by atoms with Gasteiger partial charge in [-0.3, -0.25) is 14.4 Å². The number of nitrogens with one attached hydrogen (secondary N) is 1. The van der Waals surface area contributed by atoms with E-state index in [1.807, 2.05) is 56.3 Å². The van der Waals surface area contributed by atoms with Gasteiger partial charge in [0.2, 0.25) is 5.91 Å². The second-order valence-corrected chi connectivity index (χ2v) is 12.5. The molecule has 0 fully saturated rings. The Morgan fingerprint density at radius 3 is 2.42 bits per heavy atom. The highest BCUT2D eigenvalue weighted by Crippen LogP contribution is 2.35. The quantitative estimate of drug-likeness (QED) is 0.344. The molecule has 10 heteroatoms. The molecule has 3 amide bonds. The largest absolute Gasteiger partial charge is 0.469 e. The standard InChI is InChI=1S/C33H42N4O6/c1-20(2)15-28(31(40)36-23(18-29(38)42-6)16-21-11-7-10-14-27(21)36)37(32(41)43-33(3,4)5)30(39)25(34)17-22-19-35-26-13-9-8-12-24(22)26/h7-14,19-20,23,25,28,35H,15-18,34H2,1-6H3/t23-,25+,28+/m1/s1. The molecule has 0 spiro atoms. The smallest absolute Gasteiger partial charge is 0.417 e. The molecule has 1 aliphatic rings. The molecule has 1 aliphatic heterocycles. The van der Waals surface area contributed by atoms with Gasteiger partial charge in [-0.05, 0) is 69.2 Å². The first-order chi connectivity index (χ1) is 20.3. The van der Waals surface area contributed by atoms with E-state index in [0.29, 0.717) is 12.1 Å². The first-order valence-corrected chi connectivity index (χ1v) is 14.6. The van der Waals surface area contributed by atoms with Crippen LogP contribution in [0, 0.1) is 5.92 Å². The predicted molar refractivity (Wildman–Crippen MR) is 164 cm³/mol. The van der Waals surface area contributed by atoms with Crippen LogP contribution in [-0.2, 0) is 36.7 Å². The third kappa shape index (κ3) is 7.25. The highest BCUT2D eigenvalue weighted by Gasteiger charge is 2.45. The lowest BCUT2D eigenvalue weighted by atomic mass is 9.98. The number of methoxy groups -OCH3 is 1. The summed E-state index contributed by atoms with van der Waals surface area (Å²) >= 11 is 0. The van der Waals surface area contributed by atoms with Crippen molar-refractivity contribution < 1.29 is 28.7 Å². The molecule has 2 heterocycles. The average Bonchev–Trinajstić information content (AvgIpc) is 3.51.